The molecule has 0 bridgehead atoms. The van der Waals surface area contributed by atoms with Crippen molar-refractivity contribution in [3.8, 4) is 5.75 Å². The van der Waals surface area contributed by atoms with Gasteiger partial charge < -0.3 is 9.47 Å². The minimum Gasteiger partial charge on any atom is -0.490 e. The zero-order valence-electron chi connectivity index (χ0n) is 11.0. The number of halogens is 4. The zero-order valence-corrected chi connectivity index (χ0v) is 18.2. The van der Waals surface area contributed by atoms with Crippen LogP contribution in [0.5, 0.6) is 5.75 Å². The summed E-state index contributed by atoms with van der Waals surface area (Å²) in [7, 11) is 1.66. The number of hydrogen-bond donors (Lipinski definition) is 0. The van der Waals surface area contributed by atoms with Crippen LogP contribution in [0.15, 0.2) is 36.3 Å². The third-order valence-corrected chi connectivity index (χ3v) is 6.78. The molecule has 0 amide bonds. The summed E-state index contributed by atoms with van der Waals surface area (Å²) in [5, 5.41) is 0. The number of methoxy groups -OCH3 is 1. The third-order valence-electron chi connectivity index (χ3n) is 2.75. The van der Waals surface area contributed by atoms with E-state index in [-0.39, 0.29) is 4.83 Å². The molecule has 2 aromatic rings. The van der Waals surface area contributed by atoms with Crippen LogP contribution in [0.2, 0.25) is 0 Å². The van der Waals surface area contributed by atoms with Crippen LogP contribution in [0.3, 0.4) is 0 Å². The summed E-state index contributed by atoms with van der Waals surface area (Å²) in [5.41, 5.74) is 2.36. The summed E-state index contributed by atoms with van der Waals surface area (Å²) in [4.78, 5) is 0.124. The highest BCUT2D eigenvalue weighted by Gasteiger charge is 2.17. The minimum atomic E-state index is 0.124. The van der Waals surface area contributed by atoms with Crippen LogP contribution in [-0.2, 0) is 4.74 Å². The third kappa shape index (κ3) is 4.78. The van der Waals surface area contributed by atoms with E-state index in [0.29, 0.717) is 13.2 Å². The molecule has 1 aromatic heterocycles. The fourth-order valence-electron chi connectivity index (χ4n) is 1.73. The van der Waals surface area contributed by atoms with Crippen molar-refractivity contribution in [2.75, 3.05) is 20.3 Å². The number of alkyl halides is 1. The smallest absolute Gasteiger partial charge is 0.133 e. The molecule has 1 unspecified atom stereocenters. The van der Waals surface area contributed by atoms with E-state index in [1.807, 2.05) is 6.07 Å². The molecular formula is C14H12Br4O2S. The first-order valence-corrected chi connectivity index (χ1v) is 10.1. The summed E-state index contributed by atoms with van der Waals surface area (Å²) in [5.74, 6) is 0.820. The Bertz CT molecular complexity index is 615. The van der Waals surface area contributed by atoms with Crippen molar-refractivity contribution in [2.24, 2.45) is 0 Å². The summed E-state index contributed by atoms with van der Waals surface area (Å²) in [6, 6.07) is 8.22. The van der Waals surface area contributed by atoms with Crippen LogP contribution >= 0.6 is 75.1 Å². The quantitative estimate of drug-likeness (QED) is 0.293. The zero-order chi connectivity index (χ0) is 15.4. The van der Waals surface area contributed by atoms with E-state index < -0.39 is 0 Å². The van der Waals surface area contributed by atoms with Crippen molar-refractivity contribution < 1.29 is 9.47 Å². The van der Waals surface area contributed by atoms with Crippen LogP contribution in [0, 0.1) is 0 Å². The van der Waals surface area contributed by atoms with Gasteiger partial charge in [-0.15, -0.1) is 11.3 Å². The topological polar surface area (TPSA) is 18.5 Å². The van der Waals surface area contributed by atoms with Crippen molar-refractivity contribution in [1.29, 1.82) is 0 Å². The molecule has 2 rings (SSSR count). The van der Waals surface area contributed by atoms with Gasteiger partial charge in [0, 0.05) is 7.11 Å². The van der Waals surface area contributed by atoms with Gasteiger partial charge in [-0.05, 0) is 77.1 Å². The van der Waals surface area contributed by atoms with Crippen LogP contribution < -0.4 is 4.74 Å². The number of ether oxygens (including phenoxy) is 2. The second-order valence-corrected chi connectivity index (χ2v) is 9.69. The minimum absolute atomic E-state index is 0.124. The molecule has 1 atom stereocenters. The van der Waals surface area contributed by atoms with Crippen molar-refractivity contribution in [1.82, 2.24) is 0 Å². The van der Waals surface area contributed by atoms with Crippen molar-refractivity contribution in [3.63, 3.8) is 0 Å². The first-order chi connectivity index (χ1) is 10.0. The van der Waals surface area contributed by atoms with E-state index in [0.717, 1.165) is 23.4 Å². The fourth-order valence-corrected chi connectivity index (χ4v) is 6.25. The average Bonchev–Trinajstić information content (AvgIpc) is 2.79. The molecule has 0 radical (unpaired) electrons. The van der Waals surface area contributed by atoms with Gasteiger partial charge in [0.2, 0.25) is 0 Å². The molecule has 0 N–H and O–H groups in total. The lowest BCUT2D eigenvalue weighted by Gasteiger charge is -2.13. The van der Waals surface area contributed by atoms with Gasteiger partial charge in [0.1, 0.15) is 12.4 Å². The van der Waals surface area contributed by atoms with Crippen LogP contribution in [0.1, 0.15) is 16.0 Å². The fraction of sp³-hybridized carbons (Fsp3) is 0.286. The molecule has 0 saturated heterocycles. The van der Waals surface area contributed by atoms with Gasteiger partial charge in [0.05, 0.1) is 23.5 Å². The standard InChI is InChI=1S/C14H12Br4O2S/c1-19-4-5-20-11-3-2-8(6-10(11)15)13(17)9-7-12(16)21-14(9)18/h2-3,6-7,13H,4-5H2,1H3. The highest BCUT2D eigenvalue weighted by atomic mass is 79.9. The van der Waals surface area contributed by atoms with E-state index in [1.165, 1.54) is 5.56 Å². The van der Waals surface area contributed by atoms with E-state index in [4.69, 9.17) is 9.47 Å². The highest BCUT2D eigenvalue weighted by molar-refractivity contribution is 9.12. The Hall–Kier alpha value is 0.600. The Morgan fingerprint density at radius 1 is 1.14 bits per heavy atom. The van der Waals surface area contributed by atoms with Crippen molar-refractivity contribution in [2.45, 2.75) is 4.83 Å². The number of hydrogen-bond acceptors (Lipinski definition) is 3. The first-order valence-electron chi connectivity index (χ1n) is 6.03. The molecule has 21 heavy (non-hydrogen) atoms. The van der Waals surface area contributed by atoms with Crippen LogP contribution in [0.25, 0.3) is 0 Å². The van der Waals surface area contributed by atoms with Crippen LogP contribution in [0.4, 0.5) is 0 Å². The normalized spacial score (nSPS) is 12.4. The predicted octanol–water partition coefficient (Wildman–Crippen LogP) is 6.55. The maximum absolute atomic E-state index is 5.64. The van der Waals surface area contributed by atoms with E-state index in [1.54, 1.807) is 18.4 Å². The lowest BCUT2D eigenvalue weighted by atomic mass is 10.1. The van der Waals surface area contributed by atoms with Gasteiger partial charge in [0.15, 0.2) is 0 Å². The van der Waals surface area contributed by atoms with Crippen molar-refractivity contribution in [3.05, 3.63) is 47.4 Å². The molecule has 7 heteroatoms. The second kappa shape index (κ2) is 8.45. The lowest BCUT2D eigenvalue weighted by molar-refractivity contribution is 0.146. The molecule has 0 spiro atoms. The molecule has 1 aromatic carbocycles. The van der Waals surface area contributed by atoms with E-state index in [2.05, 4.69) is 81.9 Å². The molecule has 2 nitrogen and oxygen atoms in total. The maximum Gasteiger partial charge on any atom is 0.133 e. The first kappa shape index (κ1) is 17.9. The largest absolute Gasteiger partial charge is 0.490 e. The lowest BCUT2D eigenvalue weighted by Crippen LogP contribution is -2.04. The molecule has 0 aliphatic heterocycles. The van der Waals surface area contributed by atoms with Crippen molar-refractivity contribution >= 4 is 75.1 Å². The molecule has 0 saturated carbocycles. The average molecular weight is 564 g/mol. The van der Waals surface area contributed by atoms with E-state index >= 15 is 0 Å². The van der Waals surface area contributed by atoms with Crippen LogP contribution in [-0.4, -0.2) is 20.3 Å². The molecule has 0 aliphatic rings. The van der Waals surface area contributed by atoms with Gasteiger partial charge in [0.25, 0.3) is 0 Å². The summed E-state index contributed by atoms with van der Waals surface area (Å²) < 4.78 is 13.8. The Kier molecular flexibility index (Phi) is 7.22. The van der Waals surface area contributed by atoms with Gasteiger partial charge in [-0.2, -0.15) is 0 Å². The monoisotopic (exact) mass is 560 g/mol. The summed E-state index contributed by atoms with van der Waals surface area (Å²) >= 11 is 16.1. The Labute approximate surface area is 161 Å². The molecular weight excluding hydrogens is 552 g/mol. The predicted molar refractivity (Wildman–Crippen MR) is 102 cm³/mol. The number of thiophene rings is 1. The van der Waals surface area contributed by atoms with Gasteiger partial charge in [-0.1, -0.05) is 22.0 Å². The number of benzene rings is 1. The van der Waals surface area contributed by atoms with Gasteiger partial charge >= 0.3 is 0 Å². The second-order valence-electron chi connectivity index (χ2n) is 4.17. The van der Waals surface area contributed by atoms with Gasteiger partial charge in [-0.3, -0.25) is 0 Å². The maximum atomic E-state index is 5.64. The Balaban J connectivity index is 2.17. The molecule has 114 valence electrons. The SMILES string of the molecule is COCCOc1ccc(C(Br)c2cc(Br)sc2Br)cc1Br. The number of rotatable bonds is 6. The molecule has 1 heterocycles. The van der Waals surface area contributed by atoms with Gasteiger partial charge in [-0.25, -0.2) is 0 Å². The Morgan fingerprint density at radius 2 is 1.90 bits per heavy atom. The summed E-state index contributed by atoms with van der Waals surface area (Å²) in [6.07, 6.45) is 0. The Morgan fingerprint density at radius 3 is 2.48 bits per heavy atom. The van der Waals surface area contributed by atoms with E-state index in [9.17, 15) is 0 Å². The molecule has 0 aliphatic carbocycles. The molecule has 0 fully saturated rings. The highest BCUT2D eigenvalue weighted by Crippen LogP contribution is 2.43. The summed E-state index contributed by atoms with van der Waals surface area (Å²) in [6.45, 7) is 1.11.